The zero-order valence-corrected chi connectivity index (χ0v) is 12.9. The molecule has 1 atom stereocenters. The number of halogens is 1. The van der Waals surface area contributed by atoms with Crippen molar-refractivity contribution >= 4 is 11.6 Å². The highest BCUT2D eigenvalue weighted by molar-refractivity contribution is 6.32. The minimum Gasteiger partial charge on any atom is -0.489 e. The lowest BCUT2D eigenvalue weighted by Crippen LogP contribution is -2.31. The fourth-order valence-corrected chi connectivity index (χ4v) is 2.80. The van der Waals surface area contributed by atoms with Gasteiger partial charge in [0, 0.05) is 19.0 Å². The molecule has 2 N–H and O–H groups in total. The van der Waals surface area contributed by atoms with Crippen LogP contribution in [-0.2, 0) is 0 Å². The molecule has 1 aliphatic rings. The first-order valence-corrected chi connectivity index (χ1v) is 7.54. The lowest BCUT2D eigenvalue weighted by atomic mass is 10.0. The van der Waals surface area contributed by atoms with Gasteiger partial charge in [-0.3, -0.25) is 4.90 Å². The monoisotopic (exact) mass is 298 g/mol. The van der Waals surface area contributed by atoms with E-state index >= 15 is 0 Å². The highest BCUT2D eigenvalue weighted by Gasteiger charge is 2.21. The average Bonchev–Trinajstić information content (AvgIpc) is 2.65. The van der Waals surface area contributed by atoms with E-state index in [4.69, 9.17) is 26.8 Å². The summed E-state index contributed by atoms with van der Waals surface area (Å²) >= 11 is 6.34. The third-order valence-corrected chi connectivity index (χ3v) is 3.82. The van der Waals surface area contributed by atoms with Crippen LogP contribution in [0.4, 0.5) is 0 Å². The van der Waals surface area contributed by atoms with E-state index in [1.807, 2.05) is 12.1 Å². The number of likely N-dealkylation sites (N-methyl/N-ethyl adjacent to an activating group) is 1. The number of rotatable bonds is 5. The van der Waals surface area contributed by atoms with Gasteiger partial charge in [0.2, 0.25) is 0 Å². The Hall–Kier alpha value is -0.970. The molecule has 1 aromatic carbocycles. The summed E-state index contributed by atoms with van der Waals surface area (Å²) in [6, 6.07) is 4.10. The molecule has 1 heterocycles. The fraction of sp³-hybridized carbons (Fsp3) is 0.600. The van der Waals surface area contributed by atoms with Gasteiger partial charge in [0.15, 0.2) is 11.5 Å². The summed E-state index contributed by atoms with van der Waals surface area (Å²) in [5.74, 6) is 1.38. The molecule has 4 nitrogen and oxygen atoms in total. The van der Waals surface area contributed by atoms with Gasteiger partial charge in [0.1, 0.15) is 0 Å². The molecule has 1 unspecified atom stereocenters. The van der Waals surface area contributed by atoms with Gasteiger partial charge >= 0.3 is 0 Å². The molecule has 1 aliphatic heterocycles. The van der Waals surface area contributed by atoms with Crippen molar-refractivity contribution in [2.45, 2.75) is 25.8 Å². The first kappa shape index (κ1) is 15.4. The Balaban J connectivity index is 2.32. The van der Waals surface area contributed by atoms with Crippen LogP contribution < -0.4 is 15.2 Å². The van der Waals surface area contributed by atoms with Crippen molar-refractivity contribution in [3.8, 4) is 11.5 Å². The third-order valence-electron chi connectivity index (χ3n) is 3.54. The maximum absolute atomic E-state index is 6.34. The van der Waals surface area contributed by atoms with Crippen LogP contribution in [0.2, 0.25) is 5.02 Å². The Labute approximate surface area is 125 Å². The maximum atomic E-state index is 6.34. The molecule has 0 saturated heterocycles. The number of ether oxygens (including phenoxy) is 2. The van der Waals surface area contributed by atoms with Gasteiger partial charge < -0.3 is 15.2 Å². The van der Waals surface area contributed by atoms with Gasteiger partial charge in [0.05, 0.1) is 18.2 Å². The largest absolute Gasteiger partial charge is 0.489 e. The summed E-state index contributed by atoms with van der Waals surface area (Å²) in [4.78, 5) is 2.25. The van der Waals surface area contributed by atoms with Gasteiger partial charge in [-0.2, -0.15) is 0 Å². The lowest BCUT2D eigenvalue weighted by Gasteiger charge is -2.27. The Bertz CT molecular complexity index is 454. The molecule has 112 valence electrons. The summed E-state index contributed by atoms with van der Waals surface area (Å²) in [5, 5.41) is 0.600. The number of hydrogen-bond acceptors (Lipinski definition) is 4. The summed E-state index contributed by atoms with van der Waals surface area (Å²) < 4.78 is 11.4. The van der Waals surface area contributed by atoms with E-state index in [0.717, 1.165) is 30.7 Å². The van der Waals surface area contributed by atoms with Crippen molar-refractivity contribution in [1.82, 2.24) is 4.90 Å². The number of nitrogens with zero attached hydrogens (tertiary/aromatic N) is 1. The van der Waals surface area contributed by atoms with Crippen LogP contribution in [0.1, 0.15) is 31.4 Å². The topological polar surface area (TPSA) is 47.7 Å². The number of fused-ring (bicyclic) bond motifs is 1. The van der Waals surface area contributed by atoms with Crippen LogP contribution >= 0.6 is 11.6 Å². The molecule has 0 spiro atoms. The van der Waals surface area contributed by atoms with Crippen molar-refractivity contribution in [3.05, 3.63) is 22.7 Å². The highest BCUT2D eigenvalue weighted by atomic mass is 35.5. The molecule has 0 radical (unpaired) electrons. The highest BCUT2D eigenvalue weighted by Crippen LogP contribution is 2.40. The molecule has 5 heteroatoms. The lowest BCUT2D eigenvalue weighted by molar-refractivity contribution is 0.249. The summed E-state index contributed by atoms with van der Waals surface area (Å²) in [7, 11) is 2.08. The SMILES string of the molecule is CCCN(C)C(CN)c1cc(Cl)c2c(c1)OCCCO2. The van der Waals surface area contributed by atoms with E-state index in [1.165, 1.54) is 0 Å². The molecule has 0 fully saturated rings. The average molecular weight is 299 g/mol. The summed E-state index contributed by atoms with van der Waals surface area (Å²) in [6.07, 6.45) is 1.96. The van der Waals surface area contributed by atoms with E-state index in [0.29, 0.717) is 30.5 Å². The van der Waals surface area contributed by atoms with E-state index in [9.17, 15) is 0 Å². The van der Waals surface area contributed by atoms with Crippen molar-refractivity contribution < 1.29 is 9.47 Å². The van der Waals surface area contributed by atoms with E-state index in [1.54, 1.807) is 0 Å². The maximum Gasteiger partial charge on any atom is 0.179 e. The quantitative estimate of drug-likeness (QED) is 0.908. The van der Waals surface area contributed by atoms with Crippen LogP contribution in [0.15, 0.2) is 12.1 Å². The van der Waals surface area contributed by atoms with Crippen molar-refractivity contribution in [3.63, 3.8) is 0 Å². The molecule has 0 aliphatic carbocycles. The molecule has 1 aromatic rings. The summed E-state index contributed by atoms with van der Waals surface area (Å²) in [5.41, 5.74) is 7.02. The molecule has 0 amide bonds. The van der Waals surface area contributed by atoms with E-state index in [-0.39, 0.29) is 6.04 Å². The molecule has 0 bridgehead atoms. The second-order valence-electron chi connectivity index (χ2n) is 5.11. The molecule has 0 saturated carbocycles. The predicted molar refractivity (Wildman–Crippen MR) is 81.8 cm³/mol. The van der Waals surface area contributed by atoms with E-state index < -0.39 is 0 Å². The first-order chi connectivity index (χ1) is 9.67. The van der Waals surface area contributed by atoms with Crippen LogP contribution in [0, 0.1) is 0 Å². The molecule has 0 aromatic heterocycles. The number of nitrogens with two attached hydrogens (primary N) is 1. The zero-order chi connectivity index (χ0) is 14.5. The number of benzene rings is 1. The van der Waals surface area contributed by atoms with Crippen molar-refractivity contribution in [2.75, 3.05) is 33.4 Å². The number of hydrogen-bond donors (Lipinski definition) is 1. The third kappa shape index (κ3) is 3.37. The van der Waals surface area contributed by atoms with Crippen LogP contribution in [-0.4, -0.2) is 38.3 Å². The predicted octanol–water partition coefficient (Wildman–Crippen LogP) is 2.84. The van der Waals surface area contributed by atoms with Crippen molar-refractivity contribution in [2.24, 2.45) is 5.73 Å². The molecule has 2 rings (SSSR count). The first-order valence-electron chi connectivity index (χ1n) is 7.16. The Morgan fingerprint density at radius 2 is 2.10 bits per heavy atom. The Morgan fingerprint density at radius 3 is 2.80 bits per heavy atom. The Morgan fingerprint density at radius 1 is 1.35 bits per heavy atom. The van der Waals surface area contributed by atoms with E-state index in [2.05, 4.69) is 18.9 Å². The standard InChI is InChI=1S/C15H23ClN2O2/c1-3-5-18(2)13(10-17)11-8-12(16)15-14(9-11)19-6-4-7-20-15/h8-9,13H,3-7,10,17H2,1-2H3. The van der Waals surface area contributed by atoms with Gasteiger partial charge in [0.25, 0.3) is 0 Å². The van der Waals surface area contributed by atoms with Gasteiger partial charge in [-0.25, -0.2) is 0 Å². The fourth-order valence-electron chi connectivity index (χ4n) is 2.52. The zero-order valence-electron chi connectivity index (χ0n) is 12.2. The van der Waals surface area contributed by atoms with Crippen LogP contribution in [0.25, 0.3) is 0 Å². The molecular formula is C15H23ClN2O2. The Kier molecular flexibility index (Phi) is 5.52. The smallest absolute Gasteiger partial charge is 0.179 e. The minimum atomic E-state index is 0.143. The van der Waals surface area contributed by atoms with Gasteiger partial charge in [-0.15, -0.1) is 0 Å². The minimum absolute atomic E-state index is 0.143. The second-order valence-corrected chi connectivity index (χ2v) is 5.52. The summed E-state index contributed by atoms with van der Waals surface area (Å²) in [6.45, 7) is 5.00. The van der Waals surface area contributed by atoms with Gasteiger partial charge in [-0.1, -0.05) is 18.5 Å². The second kappa shape index (κ2) is 7.16. The van der Waals surface area contributed by atoms with Crippen LogP contribution in [0.3, 0.4) is 0 Å². The van der Waals surface area contributed by atoms with Crippen LogP contribution in [0.5, 0.6) is 11.5 Å². The molecule has 20 heavy (non-hydrogen) atoms. The normalized spacial score (nSPS) is 16.1. The van der Waals surface area contributed by atoms with Gasteiger partial charge in [-0.05, 0) is 37.7 Å². The van der Waals surface area contributed by atoms with Crippen molar-refractivity contribution in [1.29, 1.82) is 0 Å². The molecular weight excluding hydrogens is 276 g/mol.